The van der Waals surface area contributed by atoms with Crippen LogP contribution in [0, 0.1) is 11.8 Å². The number of carbonyl (C=O) groups excluding carboxylic acids is 2. The fourth-order valence-electron chi connectivity index (χ4n) is 4.18. The van der Waals surface area contributed by atoms with Crippen LogP contribution in [0.2, 0.25) is 0 Å². The van der Waals surface area contributed by atoms with Gasteiger partial charge in [-0.2, -0.15) is 4.98 Å². The highest BCUT2D eigenvalue weighted by Crippen LogP contribution is 2.36. The number of fused-ring (bicyclic) bond motifs is 2. The number of amides is 2. The lowest BCUT2D eigenvalue weighted by molar-refractivity contribution is -0.130. The zero-order valence-corrected chi connectivity index (χ0v) is 14.8. The van der Waals surface area contributed by atoms with Gasteiger partial charge in [0, 0.05) is 29.2 Å². The van der Waals surface area contributed by atoms with Crippen LogP contribution in [-0.2, 0) is 16.0 Å². The fourth-order valence-corrected chi connectivity index (χ4v) is 4.53. The van der Waals surface area contributed by atoms with Crippen molar-refractivity contribution in [1.82, 2.24) is 15.3 Å². The molecule has 1 aliphatic carbocycles. The third-order valence-corrected chi connectivity index (χ3v) is 5.97. The van der Waals surface area contributed by atoms with Gasteiger partial charge >= 0.3 is 0 Å². The Labute approximate surface area is 151 Å². The largest absolute Gasteiger partial charge is 0.353 e. The molecule has 0 bridgehead atoms. The molecule has 134 valence electrons. The van der Waals surface area contributed by atoms with E-state index in [0.717, 1.165) is 31.2 Å². The average Bonchev–Trinajstić information content (AvgIpc) is 2.93. The van der Waals surface area contributed by atoms with Gasteiger partial charge in [-0.15, -0.1) is 11.6 Å². The number of alkyl halides is 1. The summed E-state index contributed by atoms with van der Waals surface area (Å²) in [5, 5.41) is 9.32. The van der Waals surface area contributed by atoms with Gasteiger partial charge in [-0.1, -0.05) is 0 Å². The standard InChI is InChI=1S/C17H22ClN5O2/c1-8(20-17-19-7-10-6-14(24)22-15(10)23-17)12-5-9-4-11(18)2-3-13(9)21-16(12)25/h7-9,11-13H,2-6H2,1H3,(H,21,25)(H2,19,20,22,23,24)/t8-,9?,11?,12?,13?/m0/s1. The van der Waals surface area contributed by atoms with Crippen LogP contribution in [-0.4, -0.2) is 39.2 Å². The number of nitrogens with one attached hydrogen (secondary N) is 3. The predicted molar refractivity (Wildman–Crippen MR) is 94.5 cm³/mol. The highest BCUT2D eigenvalue weighted by Gasteiger charge is 2.41. The molecular weight excluding hydrogens is 342 g/mol. The molecule has 0 aromatic carbocycles. The minimum Gasteiger partial charge on any atom is -0.353 e. The van der Waals surface area contributed by atoms with E-state index in [4.69, 9.17) is 11.6 Å². The number of carbonyl (C=O) groups is 2. The minimum atomic E-state index is -0.144. The average molecular weight is 364 g/mol. The van der Waals surface area contributed by atoms with Crippen LogP contribution in [0.25, 0.3) is 0 Å². The topological polar surface area (TPSA) is 96.0 Å². The van der Waals surface area contributed by atoms with Crippen LogP contribution in [0.15, 0.2) is 6.20 Å². The first-order valence-corrected chi connectivity index (χ1v) is 9.30. The highest BCUT2D eigenvalue weighted by atomic mass is 35.5. The van der Waals surface area contributed by atoms with Gasteiger partial charge in [-0.25, -0.2) is 4.98 Å². The van der Waals surface area contributed by atoms with Crippen molar-refractivity contribution >= 4 is 35.2 Å². The van der Waals surface area contributed by atoms with E-state index in [9.17, 15) is 9.59 Å². The first-order chi connectivity index (χ1) is 12.0. The molecule has 1 saturated heterocycles. The molecule has 1 saturated carbocycles. The third-order valence-electron chi connectivity index (χ3n) is 5.57. The molecular formula is C17H22ClN5O2. The second kappa shape index (κ2) is 6.44. The van der Waals surface area contributed by atoms with Crippen molar-refractivity contribution in [2.24, 2.45) is 11.8 Å². The summed E-state index contributed by atoms with van der Waals surface area (Å²) in [5.74, 6) is 1.30. The molecule has 2 fully saturated rings. The molecule has 3 aliphatic rings. The summed E-state index contributed by atoms with van der Waals surface area (Å²) in [4.78, 5) is 32.6. The molecule has 1 aromatic rings. The molecule has 8 heteroatoms. The maximum Gasteiger partial charge on any atom is 0.230 e. The van der Waals surface area contributed by atoms with E-state index in [0.29, 0.717) is 24.1 Å². The quantitative estimate of drug-likeness (QED) is 0.710. The van der Waals surface area contributed by atoms with Crippen molar-refractivity contribution in [1.29, 1.82) is 0 Å². The van der Waals surface area contributed by atoms with E-state index in [1.54, 1.807) is 6.20 Å². The Balaban J connectivity index is 1.44. The van der Waals surface area contributed by atoms with Crippen molar-refractivity contribution in [2.45, 2.75) is 56.5 Å². The molecule has 3 heterocycles. The Kier molecular flexibility index (Phi) is 4.27. The van der Waals surface area contributed by atoms with Gasteiger partial charge in [0.25, 0.3) is 0 Å². The molecule has 1 aromatic heterocycles. The molecule has 5 atom stereocenters. The second-order valence-electron chi connectivity index (χ2n) is 7.35. The number of halogens is 1. The molecule has 25 heavy (non-hydrogen) atoms. The summed E-state index contributed by atoms with van der Waals surface area (Å²) in [6, 6.07) is 0.157. The Hall–Kier alpha value is -1.89. The van der Waals surface area contributed by atoms with Crippen molar-refractivity contribution in [3.63, 3.8) is 0 Å². The molecule has 0 spiro atoms. The maximum absolute atomic E-state index is 12.5. The van der Waals surface area contributed by atoms with Crippen LogP contribution in [0.1, 0.15) is 38.2 Å². The molecule has 0 radical (unpaired) electrons. The van der Waals surface area contributed by atoms with E-state index in [-0.39, 0.29) is 35.2 Å². The van der Waals surface area contributed by atoms with E-state index in [2.05, 4.69) is 25.9 Å². The van der Waals surface area contributed by atoms with Crippen molar-refractivity contribution in [3.8, 4) is 0 Å². The van der Waals surface area contributed by atoms with Gasteiger partial charge in [0.2, 0.25) is 17.8 Å². The van der Waals surface area contributed by atoms with E-state index >= 15 is 0 Å². The Morgan fingerprint density at radius 2 is 2.16 bits per heavy atom. The van der Waals surface area contributed by atoms with E-state index in [1.807, 2.05) is 6.92 Å². The number of anilines is 2. The molecule has 4 rings (SSSR count). The second-order valence-corrected chi connectivity index (χ2v) is 7.97. The number of hydrogen-bond acceptors (Lipinski definition) is 5. The summed E-state index contributed by atoms with van der Waals surface area (Å²) in [6.45, 7) is 1.97. The molecule has 2 aliphatic heterocycles. The lowest BCUT2D eigenvalue weighted by Gasteiger charge is -2.42. The Morgan fingerprint density at radius 3 is 3.00 bits per heavy atom. The van der Waals surface area contributed by atoms with Crippen LogP contribution in [0.3, 0.4) is 0 Å². The minimum absolute atomic E-state index is 0.0693. The van der Waals surface area contributed by atoms with Crippen LogP contribution >= 0.6 is 11.6 Å². The molecule has 3 N–H and O–H groups in total. The number of piperidine rings is 1. The van der Waals surface area contributed by atoms with E-state index in [1.165, 1.54) is 0 Å². The van der Waals surface area contributed by atoms with Crippen LogP contribution < -0.4 is 16.0 Å². The maximum atomic E-state index is 12.5. The highest BCUT2D eigenvalue weighted by molar-refractivity contribution is 6.20. The Morgan fingerprint density at radius 1 is 1.32 bits per heavy atom. The van der Waals surface area contributed by atoms with Gasteiger partial charge in [0.1, 0.15) is 5.82 Å². The van der Waals surface area contributed by atoms with Gasteiger partial charge in [0.05, 0.1) is 12.3 Å². The van der Waals surface area contributed by atoms with E-state index < -0.39 is 0 Å². The van der Waals surface area contributed by atoms with Gasteiger partial charge < -0.3 is 16.0 Å². The normalized spacial score (nSPS) is 32.2. The lowest BCUT2D eigenvalue weighted by Crippen LogP contribution is -2.55. The van der Waals surface area contributed by atoms with Crippen molar-refractivity contribution in [2.75, 3.05) is 10.6 Å². The first kappa shape index (κ1) is 16.6. The zero-order valence-electron chi connectivity index (χ0n) is 14.1. The number of nitrogens with zero attached hydrogens (tertiary/aromatic N) is 2. The van der Waals surface area contributed by atoms with Gasteiger partial charge in [-0.3, -0.25) is 9.59 Å². The third kappa shape index (κ3) is 3.29. The van der Waals surface area contributed by atoms with Crippen molar-refractivity contribution in [3.05, 3.63) is 11.8 Å². The van der Waals surface area contributed by atoms with Crippen molar-refractivity contribution < 1.29 is 9.59 Å². The van der Waals surface area contributed by atoms with Gasteiger partial charge in [0.15, 0.2) is 0 Å². The number of rotatable bonds is 3. The summed E-state index contributed by atoms with van der Waals surface area (Å²) < 4.78 is 0. The van der Waals surface area contributed by atoms with Gasteiger partial charge in [-0.05, 0) is 38.5 Å². The summed E-state index contributed by atoms with van der Waals surface area (Å²) in [7, 11) is 0. The molecule has 7 nitrogen and oxygen atoms in total. The first-order valence-electron chi connectivity index (χ1n) is 8.86. The monoisotopic (exact) mass is 363 g/mol. The van der Waals surface area contributed by atoms with Crippen LogP contribution in [0.5, 0.6) is 0 Å². The Bertz CT molecular complexity index is 712. The molecule has 4 unspecified atom stereocenters. The fraction of sp³-hybridized carbons (Fsp3) is 0.647. The number of aromatic nitrogens is 2. The SMILES string of the molecule is C[C@H](Nc1ncc2c(n1)NC(=O)C2)C1CC2CC(Cl)CCC2NC1=O. The summed E-state index contributed by atoms with van der Waals surface area (Å²) in [6.07, 6.45) is 5.69. The lowest BCUT2D eigenvalue weighted by atomic mass is 9.74. The molecule has 2 amide bonds. The predicted octanol–water partition coefficient (Wildman–Crippen LogP) is 1.68. The van der Waals surface area contributed by atoms with Crippen LogP contribution in [0.4, 0.5) is 11.8 Å². The summed E-state index contributed by atoms with van der Waals surface area (Å²) in [5.41, 5.74) is 0.803. The zero-order chi connectivity index (χ0) is 17.6. The smallest absolute Gasteiger partial charge is 0.230 e. The summed E-state index contributed by atoms with van der Waals surface area (Å²) >= 11 is 6.31. The number of hydrogen-bond donors (Lipinski definition) is 3.